The van der Waals surface area contributed by atoms with Crippen LogP contribution in [0.5, 0.6) is 0 Å². The van der Waals surface area contributed by atoms with Gasteiger partial charge in [-0.1, -0.05) is 0 Å². The number of alkyl carbamates (subject to hydrolysis) is 1. The second kappa shape index (κ2) is 8.18. The van der Waals surface area contributed by atoms with E-state index in [1.165, 1.54) is 0 Å². The highest BCUT2D eigenvalue weighted by molar-refractivity contribution is 6.77. The summed E-state index contributed by atoms with van der Waals surface area (Å²) >= 11 is 0. The largest absolute Gasteiger partial charge is 0.469 e. The fourth-order valence-corrected chi connectivity index (χ4v) is 28.5. The van der Waals surface area contributed by atoms with E-state index in [0.29, 0.717) is 19.5 Å². The summed E-state index contributed by atoms with van der Waals surface area (Å²) in [5.41, 5.74) is 11.7. The number of nitrogens with zero attached hydrogens (tertiary/aromatic N) is 2. The third-order valence-electron chi connectivity index (χ3n) is 28.7. The maximum absolute atomic E-state index is 13.6. The summed E-state index contributed by atoms with van der Waals surface area (Å²) in [5, 5.41) is 81.2. The summed E-state index contributed by atoms with van der Waals surface area (Å²) in [6.45, 7) is 11.7. The van der Waals surface area contributed by atoms with Gasteiger partial charge < -0.3 is 19.7 Å². The average molecular weight is 1040 g/mol. The van der Waals surface area contributed by atoms with E-state index in [9.17, 15) is 9.59 Å². The van der Waals surface area contributed by atoms with Crippen molar-refractivity contribution in [3.05, 3.63) is 44.5 Å². The van der Waals surface area contributed by atoms with Crippen LogP contribution in [0.2, 0.25) is 0 Å². The van der Waals surface area contributed by atoms with Crippen molar-refractivity contribution in [1.82, 2.24) is 15.1 Å². The predicted molar refractivity (Wildman–Crippen MR) is 331 cm³/mol. The van der Waals surface area contributed by atoms with Gasteiger partial charge in [-0.3, -0.25) is 9.69 Å². The number of hydrogen-bond donors (Lipinski definition) is 1. The van der Waals surface area contributed by atoms with Gasteiger partial charge in [0.15, 0.2) is 0 Å². The van der Waals surface area contributed by atoms with E-state index in [1.807, 2.05) is 20.8 Å². The zero-order valence-electron chi connectivity index (χ0n) is 44.2. The third kappa shape index (κ3) is 2.05. The van der Waals surface area contributed by atoms with Gasteiger partial charge in [0.05, 0.1) is 35.2 Å². The predicted octanol–water partition coefficient (Wildman–Crippen LogP) is 15.6. The molecule has 4 atom stereocenters. The molecule has 0 aromatic heterocycles. The molecular formula is C75H29N3O4. The molecule has 368 valence electrons. The molecule has 1 amide bonds. The van der Waals surface area contributed by atoms with Gasteiger partial charge in [0.2, 0.25) is 0 Å². The number of methoxy groups -OCH3 is 1. The standard InChI is InChI=1S/C75H29N3O4/c1-71(2,3)82-70(80)76-6-8-78-11-74-64-47-31-19-17-15-14-16-18-20-27-37-25(16)35(23(15)31)51(64)53(37)65-55-39(27)28-32(20)48-46-30(18)22(14)34-24(17)36-26-21(19)33-29-38(26)54-58-42-41(29)57(67(74)49(33)47)61-45(42)44-43(59(55)69(61)75(65,74)12-78)40(28)56-60(44)68(58)73-10-77(7-5-13(79)81-4)9-72(73,66(48)56)62(46)50(34)52(36)63(54)73/h5-12H2,1-4H3,(H,76,80). The van der Waals surface area contributed by atoms with Crippen LogP contribution in [0, 0.1) is 0 Å². The minimum absolute atomic E-state index is 0.101. The lowest BCUT2D eigenvalue weighted by molar-refractivity contribution is -0.140. The molecule has 10 aliphatic rings. The molecule has 4 spiro atoms. The molecule has 8 aliphatic carbocycles. The van der Waals surface area contributed by atoms with Crippen molar-refractivity contribution in [2.24, 2.45) is 0 Å². The molecule has 34 rings (SSSR count). The molecule has 7 heteroatoms. The van der Waals surface area contributed by atoms with Crippen LogP contribution >= 0.6 is 0 Å². The van der Waals surface area contributed by atoms with E-state index >= 15 is 0 Å². The first-order valence-electron chi connectivity index (χ1n) is 30.7. The minimum Gasteiger partial charge on any atom is -0.469 e. The molecule has 4 unspecified atom stereocenters. The first-order chi connectivity index (χ1) is 40.2. The Bertz CT molecular complexity index is 7690. The number of carbonyl (C=O) groups is 2. The number of ether oxygens (including phenoxy) is 2. The van der Waals surface area contributed by atoms with Crippen LogP contribution in [0.3, 0.4) is 0 Å². The molecular weight excluding hydrogens is 1010 g/mol. The van der Waals surface area contributed by atoms with Gasteiger partial charge in [0, 0.05) is 45.8 Å². The maximum Gasteiger partial charge on any atom is 0.407 e. The second-order valence-corrected chi connectivity index (χ2v) is 30.8. The van der Waals surface area contributed by atoms with Crippen molar-refractivity contribution in [3.8, 4) is 0 Å². The Kier molecular flexibility index (Phi) is 3.45. The number of rotatable bonds is 6. The van der Waals surface area contributed by atoms with E-state index < -0.39 is 5.60 Å². The van der Waals surface area contributed by atoms with Crippen LogP contribution in [0.1, 0.15) is 71.7 Å². The van der Waals surface area contributed by atoms with Crippen LogP contribution < -0.4 is 5.32 Å². The Balaban J connectivity index is 0.959. The minimum atomic E-state index is -0.564. The molecule has 24 aromatic carbocycles. The van der Waals surface area contributed by atoms with Crippen molar-refractivity contribution in [3.63, 3.8) is 0 Å². The van der Waals surface area contributed by atoms with Crippen LogP contribution in [0.25, 0.3) is 259 Å². The van der Waals surface area contributed by atoms with Crippen LogP contribution in [-0.4, -0.2) is 80.4 Å². The lowest BCUT2D eigenvalue weighted by atomic mass is 9.50. The lowest BCUT2D eigenvalue weighted by Crippen LogP contribution is -2.51. The fraction of sp³-hybridized carbons (Fsp3) is 0.227. The highest BCUT2D eigenvalue weighted by atomic mass is 16.6. The zero-order valence-corrected chi connectivity index (χ0v) is 44.2. The number of hydrogen-bond acceptors (Lipinski definition) is 6. The molecule has 2 saturated heterocycles. The van der Waals surface area contributed by atoms with Crippen molar-refractivity contribution in [2.45, 2.75) is 54.5 Å². The molecule has 2 aliphatic heterocycles. The van der Waals surface area contributed by atoms with Crippen LogP contribution in [0.15, 0.2) is 0 Å². The number of carbonyl (C=O) groups excluding carboxylic acids is 2. The van der Waals surface area contributed by atoms with Gasteiger partial charge in [-0.05, 0) is 324 Å². The zero-order chi connectivity index (χ0) is 50.9. The van der Waals surface area contributed by atoms with E-state index in [4.69, 9.17) is 9.47 Å². The summed E-state index contributed by atoms with van der Waals surface area (Å²) in [5.74, 6) is -0.101. The smallest absolute Gasteiger partial charge is 0.407 e. The van der Waals surface area contributed by atoms with Gasteiger partial charge >= 0.3 is 12.1 Å². The summed E-state index contributed by atoms with van der Waals surface area (Å²) in [7, 11) is 1.58. The van der Waals surface area contributed by atoms with E-state index in [1.54, 1.807) is 310 Å². The number of likely N-dealkylation sites (tertiary alicyclic amines) is 2. The van der Waals surface area contributed by atoms with Crippen molar-refractivity contribution in [1.29, 1.82) is 0 Å². The van der Waals surface area contributed by atoms with Gasteiger partial charge in [-0.15, -0.1) is 0 Å². The summed E-state index contributed by atoms with van der Waals surface area (Å²) in [6.07, 6.45) is 0.0870. The topological polar surface area (TPSA) is 71.1 Å². The quantitative estimate of drug-likeness (QED) is 0.132. The molecule has 0 radical (unpaired) electrons. The van der Waals surface area contributed by atoms with E-state index in [0.717, 1.165) is 32.7 Å². The van der Waals surface area contributed by atoms with Gasteiger partial charge in [-0.25, -0.2) is 4.79 Å². The van der Waals surface area contributed by atoms with Gasteiger partial charge in [0.1, 0.15) is 5.60 Å². The van der Waals surface area contributed by atoms with Gasteiger partial charge in [0.25, 0.3) is 0 Å². The molecule has 0 bridgehead atoms. The first kappa shape index (κ1) is 34.6. The maximum atomic E-state index is 13.6. The third-order valence-corrected chi connectivity index (χ3v) is 28.7. The molecule has 7 nitrogen and oxygen atoms in total. The van der Waals surface area contributed by atoms with E-state index in [2.05, 4.69) is 15.1 Å². The van der Waals surface area contributed by atoms with Crippen LogP contribution in [-0.2, 0) is 35.9 Å². The number of esters is 1. The summed E-state index contributed by atoms with van der Waals surface area (Å²) < 4.78 is 11.4. The molecule has 2 heterocycles. The highest BCUT2D eigenvalue weighted by Crippen LogP contribution is 2.88. The number of benzene rings is 16. The Morgan fingerprint density at radius 3 is 0.732 bits per heavy atom. The number of nitrogens with one attached hydrogen (secondary N) is 1. The normalized spacial score (nSPS) is 26.2. The Morgan fingerprint density at radius 1 is 0.341 bits per heavy atom. The Hall–Kier alpha value is -8.62. The summed E-state index contributed by atoms with van der Waals surface area (Å²) in [6, 6.07) is 0. The first-order valence-corrected chi connectivity index (χ1v) is 30.7. The molecule has 2 fully saturated rings. The average Bonchev–Trinajstić information content (AvgIpc) is 1.38. The highest BCUT2D eigenvalue weighted by Gasteiger charge is 2.76. The van der Waals surface area contributed by atoms with Crippen LogP contribution in [0.4, 0.5) is 4.79 Å². The molecule has 82 heavy (non-hydrogen) atoms. The Morgan fingerprint density at radius 2 is 0.537 bits per heavy atom. The monoisotopic (exact) mass is 1040 g/mol. The molecule has 0 saturated carbocycles. The van der Waals surface area contributed by atoms with Crippen molar-refractivity contribution in [2.75, 3.05) is 52.9 Å². The van der Waals surface area contributed by atoms with Crippen molar-refractivity contribution >= 4 is 271 Å². The molecule has 24 aromatic rings. The fourth-order valence-electron chi connectivity index (χ4n) is 28.5. The lowest BCUT2D eigenvalue weighted by Gasteiger charge is -2.50. The summed E-state index contributed by atoms with van der Waals surface area (Å²) in [4.78, 5) is 32.8. The SMILES string of the molecule is COC(=O)CCN1CC23c4c5c6c7c8c9c(c%10c%11c2c2c4c4c%12c%13c%14c%15c%16c%17c%18c%19c%20c%21c%22c(c%13c4c4c2c2c%11c%11c%10c%10c9c9c%13c8c(c6c%15c5%12)c%16c%13c%18c5c%19c6c%21c(c2c%224)c%11c6c%10c59)C%202CN(CCNC(=O)OC(C)(C)C)CC%14%172)C73C1. The van der Waals surface area contributed by atoms with E-state index in [-0.39, 0.29) is 33.7 Å². The van der Waals surface area contributed by atoms with Gasteiger partial charge in [-0.2, -0.15) is 0 Å². The second-order valence-electron chi connectivity index (χ2n) is 30.8. The number of amides is 1. The Labute approximate surface area is 454 Å². The molecule has 1 N–H and O–H groups in total. The van der Waals surface area contributed by atoms with Crippen molar-refractivity contribution < 1.29 is 19.1 Å².